The number of amides is 3. The van der Waals surface area contributed by atoms with E-state index in [-0.39, 0.29) is 46.2 Å². The van der Waals surface area contributed by atoms with Gasteiger partial charge in [-0.3, -0.25) is 19.1 Å². The number of nitrogens with two attached hydrogens (primary N) is 2. The first-order valence-electron chi connectivity index (χ1n) is 18.2. The number of anilines is 4. The van der Waals surface area contributed by atoms with Crippen LogP contribution in [0.1, 0.15) is 108 Å². The maximum absolute atomic E-state index is 13.0. The average Bonchev–Trinajstić information content (AvgIpc) is 3.69. The minimum absolute atomic E-state index is 0.0249. The van der Waals surface area contributed by atoms with E-state index in [2.05, 4.69) is 46.5 Å². The molecule has 3 amide bonds. The van der Waals surface area contributed by atoms with E-state index in [9.17, 15) is 22.8 Å². The monoisotopic (exact) mass is 751 g/mol. The molecule has 1 saturated carbocycles. The highest BCUT2D eigenvalue weighted by molar-refractivity contribution is 7.92. The molecule has 2 unspecified atom stereocenters. The van der Waals surface area contributed by atoms with E-state index in [4.69, 9.17) is 11.5 Å². The molecule has 4 aromatic rings. The molecule has 4 aromatic heterocycles. The molecule has 1 aliphatic carbocycles. The van der Waals surface area contributed by atoms with Gasteiger partial charge in [0.15, 0.2) is 6.54 Å². The molecule has 53 heavy (non-hydrogen) atoms. The number of fused-ring (bicyclic) bond motifs is 2. The summed E-state index contributed by atoms with van der Waals surface area (Å²) in [7, 11) is -3.60. The van der Waals surface area contributed by atoms with Crippen LogP contribution < -0.4 is 36.8 Å². The first-order chi connectivity index (χ1) is 24.7. The largest absolute Gasteiger partial charge is 0.379 e. The normalized spacial score (nSPS) is 15.6. The molecule has 5 rings (SSSR count). The number of nitrogens with one attached hydrogen (secondary N) is 4. The fourth-order valence-electron chi connectivity index (χ4n) is 6.50. The average molecular weight is 752 g/mol. The predicted molar refractivity (Wildman–Crippen MR) is 208 cm³/mol. The second kappa shape index (κ2) is 14.9. The Labute approximate surface area is 311 Å². The lowest BCUT2D eigenvalue weighted by Gasteiger charge is -2.31. The molecular weight excluding hydrogens is 697 g/mol. The lowest BCUT2D eigenvalue weighted by atomic mass is 9.85. The van der Waals surface area contributed by atoms with Crippen LogP contribution in [0.25, 0.3) is 11.0 Å². The lowest BCUT2D eigenvalue weighted by Crippen LogP contribution is -2.52. The highest BCUT2D eigenvalue weighted by Gasteiger charge is 2.35. The third-order valence-electron chi connectivity index (χ3n) is 10.7. The lowest BCUT2D eigenvalue weighted by molar-refractivity contribution is -0.773. The molecule has 0 bridgehead atoms. The van der Waals surface area contributed by atoms with Crippen LogP contribution in [-0.4, -0.2) is 58.1 Å². The minimum atomic E-state index is -3.60. The van der Waals surface area contributed by atoms with Crippen molar-refractivity contribution < 1.29 is 27.5 Å². The number of carbonyl (C=O) groups excluding carboxylic acids is 3. The van der Waals surface area contributed by atoms with Crippen LogP contribution in [0.2, 0.25) is 0 Å². The summed E-state index contributed by atoms with van der Waals surface area (Å²) in [5.41, 5.74) is 14.5. The van der Waals surface area contributed by atoms with E-state index in [0.717, 1.165) is 32.1 Å². The Morgan fingerprint density at radius 1 is 0.906 bits per heavy atom. The van der Waals surface area contributed by atoms with Gasteiger partial charge in [0.25, 0.3) is 11.8 Å². The second-order valence-corrected chi connectivity index (χ2v) is 18.1. The minimum Gasteiger partial charge on any atom is -0.379 e. The van der Waals surface area contributed by atoms with Gasteiger partial charge in [0.1, 0.15) is 11.1 Å². The first-order valence-corrected chi connectivity index (χ1v) is 19.9. The highest BCUT2D eigenvalue weighted by atomic mass is 32.2. The molecule has 0 saturated heterocycles. The van der Waals surface area contributed by atoms with Crippen LogP contribution in [0.4, 0.5) is 22.7 Å². The molecule has 0 spiro atoms. The third kappa shape index (κ3) is 8.69. The van der Waals surface area contributed by atoms with Gasteiger partial charge in [-0.05, 0) is 51.2 Å². The van der Waals surface area contributed by atoms with Crippen LogP contribution in [0.5, 0.6) is 0 Å². The zero-order chi connectivity index (χ0) is 39.0. The van der Waals surface area contributed by atoms with Crippen LogP contribution in [0, 0.1) is 16.7 Å². The zero-order valence-corrected chi connectivity index (χ0v) is 32.9. The summed E-state index contributed by atoms with van der Waals surface area (Å²) in [5.74, 6) is -1.47. The fraction of sp³-hybridized carbons (Fsp3) is 0.541. The molecule has 1 fully saturated rings. The van der Waals surface area contributed by atoms with E-state index in [1.54, 1.807) is 46.7 Å². The number of nitrogens with zero attached hydrogens (tertiary/aromatic N) is 4. The number of aromatic nitrogens is 4. The molecule has 0 aliphatic heterocycles. The van der Waals surface area contributed by atoms with Crippen molar-refractivity contribution in [2.24, 2.45) is 28.2 Å². The van der Waals surface area contributed by atoms with Gasteiger partial charge in [0.2, 0.25) is 22.1 Å². The molecule has 15 nitrogen and oxygen atoms in total. The number of hydrogen-bond donors (Lipinski definition) is 6. The van der Waals surface area contributed by atoms with Crippen LogP contribution in [-0.2, 0) is 21.4 Å². The molecule has 1 aliphatic rings. The first kappa shape index (κ1) is 39.3. The fourth-order valence-corrected chi connectivity index (χ4v) is 7.12. The standard InChI is InChI=1S/C37H54N10O5S/c1-9-53(51,52)44-26-16-30-32(41-22(2)36(4,5)6)28(34(39)49)20-45(47(30)19-26)21-37(7,8)23(3)42-31-27(33(38)48)17-40-46-18-25(15-29(31)46)43-35(50)24-13-11-10-12-14-24/h15-20,22-24,44H,9-14,21H2,1-8H3,(H6,38,39,40,42,43,48,49,50)/p+1. The van der Waals surface area contributed by atoms with Crippen molar-refractivity contribution in [1.29, 1.82) is 0 Å². The second-order valence-electron chi connectivity index (χ2n) is 16.1. The summed E-state index contributed by atoms with van der Waals surface area (Å²) in [5, 5.41) is 14.4. The van der Waals surface area contributed by atoms with E-state index in [0.29, 0.717) is 40.3 Å². The summed E-state index contributed by atoms with van der Waals surface area (Å²) >= 11 is 0. The van der Waals surface area contributed by atoms with Crippen molar-refractivity contribution in [3.63, 3.8) is 0 Å². The Kier molecular flexibility index (Phi) is 11.0. The predicted octanol–water partition coefficient (Wildman–Crippen LogP) is 4.73. The molecule has 0 aromatic carbocycles. The molecule has 0 radical (unpaired) electrons. The van der Waals surface area contributed by atoms with Crippen molar-refractivity contribution in [1.82, 2.24) is 14.1 Å². The SMILES string of the molecule is CCS(=O)(=O)Nc1cc2c(NC(C)C(C)(C)C)c(C(N)=O)c[n+](CC(C)(C)C(C)Nc3c(C(N)=O)cnn4cc(NC(=O)C5CCCCC5)cc34)n2c1. The molecule has 16 heteroatoms. The molecule has 8 N–H and O–H groups in total. The van der Waals surface area contributed by atoms with Gasteiger partial charge < -0.3 is 27.4 Å². The van der Waals surface area contributed by atoms with E-state index >= 15 is 0 Å². The summed E-state index contributed by atoms with van der Waals surface area (Å²) in [6.45, 7) is 16.1. The van der Waals surface area contributed by atoms with Crippen molar-refractivity contribution in [2.45, 2.75) is 106 Å². The van der Waals surface area contributed by atoms with Gasteiger partial charge in [-0.15, -0.1) is 9.20 Å². The Hall–Kier alpha value is -4.86. The Morgan fingerprint density at radius 3 is 2.11 bits per heavy atom. The van der Waals surface area contributed by atoms with Crippen molar-refractivity contribution in [2.75, 3.05) is 26.4 Å². The van der Waals surface area contributed by atoms with Gasteiger partial charge in [0.05, 0.1) is 58.2 Å². The molecule has 288 valence electrons. The van der Waals surface area contributed by atoms with Crippen molar-refractivity contribution in [3.05, 3.63) is 48.0 Å². The smallest absolute Gasteiger partial charge is 0.257 e. The molecular formula is C37H55N10O5S+. The summed E-state index contributed by atoms with van der Waals surface area (Å²) in [6, 6.07) is 3.06. The maximum atomic E-state index is 13.0. The van der Waals surface area contributed by atoms with Gasteiger partial charge in [-0.2, -0.15) is 5.10 Å². The third-order valence-corrected chi connectivity index (χ3v) is 12.0. The van der Waals surface area contributed by atoms with E-state index in [1.807, 2.05) is 32.4 Å². The Morgan fingerprint density at radius 2 is 1.51 bits per heavy atom. The highest BCUT2D eigenvalue weighted by Crippen LogP contribution is 2.33. The van der Waals surface area contributed by atoms with Gasteiger partial charge in [-0.1, -0.05) is 53.9 Å². The summed E-state index contributed by atoms with van der Waals surface area (Å²) < 4.78 is 33.1. The topological polar surface area (TPSA) is 211 Å². The number of carbonyl (C=O) groups is 3. The van der Waals surface area contributed by atoms with Crippen molar-refractivity contribution in [3.8, 4) is 0 Å². The maximum Gasteiger partial charge on any atom is 0.257 e. The Bertz CT molecular complexity index is 2140. The van der Waals surface area contributed by atoms with Crippen molar-refractivity contribution >= 4 is 61.5 Å². The van der Waals surface area contributed by atoms with E-state index in [1.165, 1.54) is 6.20 Å². The van der Waals surface area contributed by atoms with Gasteiger partial charge >= 0.3 is 0 Å². The van der Waals surface area contributed by atoms with Crippen LogP contribution in [0.3, 0.4) is 0 Å². The van der Waals surface area contributed by atoms with Crippen LogP contribution >= 0.6 is 0 Å². The quantitative estimate of drug-likeness (QED) is 0.0990. The molecule has 2 atom stereocenters. The number of hydrogen-bond acceptors (Lipinski definition) is 8. The summed E-state index contributed by atoms with van der Waals surface area (Å²) in [6.07, 6.45) is 11.4. The number of primary amides is 2. The zero-order valence-electron chi connectivity index (χ0n) is 32.0. The molecule has 4 heterocycles. The van der Waals surface area contributed by atoms with E-state index < -0.39 is 27.3 Å². The number of rotatable bonds is 14. The number of sulfonamides is 1. The van der Waals surface area contributed by atoms with Crippen LogP contribution in [0.15, 0.2) is 36.9 Å². The van der Waals surface area contributed by atoms with Gasteiger partial charge in [0, 0.05) is 23.4 Å². The summed E-state index contributed by atoms with van der Waals surface area (Å²) in [4.78, 5) is 38.7. The Balaban J connectivity index is 1.52. The van der Waals surface area contributed by atoms with Gasteiger partial charge in [-0.25, -0.2) is 12.9 Å².